The van der Waals surface area contributed by atoms with E-state index in [4.69, 9.17) is 11.5 Å². The van der Waals surface area contributed by atoms with Crippen LogP contribution in [0.5, 0.6) is 0 Å². The van der Waals surface area contributed by atoms with E-state index in [2.05, 4.69) is 10.6 Å². The summed E-state index contributed by atoms with van der Waals surface area (Å²) in [5, 5.41) is 5.18. The van der Waals surface area contributed by atoms with Gasteiger partial charge in [0, 0.05) is 12.2 Å². The van der Waals surface area contributed by atoms with Crippen molar-refractivity contribution in [2.45, 2.75) is 26.4 Å². The molecule has 0 bridgehead atoms. The van der Waals surface area contributed by atoms with Crippen LogP contribution >= 0.6 is 0 Å². The quantitative estimate of drug-likeness (QED) is 0.630. The van der Waals surface area contributed by atoms with Gasteiger partial charge in [-0.15, -0.1) is 0 Å². The number of carbonyl (C=O) groups excluding carboxylic acids is 2. The van der Waals surface area contributed by atoms with E-state index in [0.717, 1.165) is 5.56 Å². The first-order chi connectivity index (χ1) is 8.93. The Morgan fingerprint density at radius 1 is 1.21 bits per heavy atom. The maximum atomic E-state index is 11.7. The lowest BCUT2D eigenvalue weighted by Gasteiger charge is -2.19. The third-order valence-electron chi connectivity index (χ3n) is 2.71. The van der Waals surface area contributed by atoms with Crippen molar-refractivity contribution in [1.29, 1.82) is 0 Å². The molecule has 0 aliphatic carbocycles. The van der Waals surface area contributed by atoms with Crippen molar-refractivity contribution >= 4 is 17.6 Å². The normalized spacial score (nSPS) is 12.0. The van der Waals surface area contributed by atoms with Crippen LogP contribution in [0.4, 0.5) is 10.5 Å². The molecule has 0 spiro atoms. The molecule has 19 heavy (non-hydrogen) atoms. The van der Waals surface area contributed by atoms with Gasteiger partial charge in [-0.1, -0.05) is 26.0 Å². The van der Waals surface area contributed by atoms with Crippen LogP contribution in [0.2, 0.25) is 0 Å². The first-order valence-electron chi connectivity index (χ1n) is 6.10. The van der Waals surface area contributed by atoms with Crippen molar-refractivity contribution in [3.63, 3.8) is 0 Å². The second kappa shape index (κ2) is 6.75. The van der Waals surface area contributed by atoms with Crippen molar-refractivity contribution in [2.75, 3.05) is 5.32 Å². The highest BCUT2D eigenvalue weighted by atomic mass is 16.2. The molecule has 0 radical (unpaired) electrons. The summed E-state index contributed by atoms with van der Waals surface area (Å²) < 4.78 is 0. The third-order valence-corrected chi connectivity index (χ3v) is 2.71. The van der Waals surface area contributed by atoms with Crippen molar-refractivity contribution in [3.05, 3.63) is 29.8 Å². The van der Waals surface area contributed by atoms with Crippen LogP contribution in [-0.4, -0.2) is 18.0 Å². The van der Waals surface area contributed by atoms with Gasteiger partial charge in [-0.3, -0.25) is 4.79 Å². The molecule has 0 aliphatic rings. The molecule has 0 heterocycles. The van der Waals surface area contributed by atoms with E-state index < -0.39 is 18.0 Å². The number of nitrogens with one attached hydrogen (secondary N) is 2. The van der Waals surface area contributed by atoms with Crippen molar-refractivity contribution in [1.82, 2.24) is 5.32 Å². The van der Waals surface area contributed by atoms with Gasteiger partial charge in [0.2, 0.25) is 5.91 Å². The van der Waals surface area contributed by atoms with Gasteiger partial charge in [-0.05, 0) is 23.6 Å². The molecule has 0 saturated carbocycles. The van der Waals surface area contributed by atoms with Gasteiger partial charge in [0.05, 0.1) is 0 Å². The summed E-state index contributed by atoms with van der Waals surface area (Å²) in [6.07, 6.45) is 0. The summed E-state index contributed by atoms with van der Waals surface area (Å²) >= 11 is 0. The average Bonchev–Trinajstić information content (AvgIpc) is 2.36. The average molecular weight is 264 g/mol. The lowest BCUT2D eigenvalue weighted by molar-refractivity contribution is -0.120. The smallest absolute Gasteiger partial charge is 0.319 e. The highest BCUT2D eigenvalue weighted by molar-refractivity contribution is 5.93. The molecule has 1 aromatic rings. The SMILES string of the molecule is CC(C)C(NC(=O)Nc1ccc(CN)cc1)C(N)=O. The number of urea groups is 1. The minimum Gasteiger partial charge on any atom is -0.368 e. The fourth-order valence-corrected chi connectivity index (χ4v) is 1.60. The number of primary amides is 1. The fourth-order valence-electron chi connectivity index (χ4n) is 1.60. The zero-order chi connectivity index (χ0) is 14.4. The van der Waals surface area contributed by atoms with Crippen molar-refractivity contribution in [3.8, 4) is 0 Å². The van der Waals surface area contributed by atoms with Crippen LogP contribution in [0, 0.1) is 5.92 Å². The summed E-state index contributed by atoms with van der Waals surface area (Å²) in [4.78, 5) is 22.9. The maximum absolute atomic E-state index is 11.7. The second-order valence-corrected chi connectivity index (χ2v) is 4.62. The third kappa shape index (κ3) is 4.59. The minimum atomic E-state index is -0.691. The molecule has 1 rings (SSSR count). The first-order valence-corrected chi connectivity index (χ1v) is 6.10. The van der Waals surface area contributed by atoms with Crippen molar-refractivity contribution in [2.24, 2.45) is 17.4 Å². The van der Waals surface area contributed by atoms with Gasteiger partial charge in [0.15, 0.2) is 0 Å². The number of hydrogen-bond acceptors (Lipinski definition) is 3. The molecule has 1 atom stereocenters. The molecule has 0 saturated heterocycles. The van der Waals surface area contributed by atoms with Crippen LogP contribution in [-0.2, 0) is 11.3 Å². The predicted molar refractivity (Wildman–Crippen MR) is 74.3 cm³/mol. The zero-order valence-corrected chi connectivity index (χ0v) is 11.1. The Labute approximate surface area is 112 Å². The van der Waals surface area contributed by atoms with Gasteiger partial charge < -0.3 is 22.1 Å². The Morgan fingerprint density at radius 3 is 2.21 bits per heavy atom. The van der Waals surface area contributed by atoms with E-state index >= 15 is 0 Å². The number of amides is 3. The Kier molecular flexibility index (Phi) is 5.32. The molecule has 6 heteroatoms. The minimum absolute atomic E-state index is 0.0668. The first kappa shape index (κ1) is 15.0. The molecule has 3 amide bonds. The number of benzene rings is 1. The van der Waals surface area contributed by atoms with E-state index in [0.29, 0.717) is 12.2 Å². The summed E-state index contributed by atoms with van der Waals surface area (Å²) in [5.41, 5.74) is 12.3. The Bertz CT molecular complexity index is 442. The van der Waals surface area contributed by atoms with E-state index in [1.54, 1.807) is 12.1 Å². The highest BCUT2D eigenvalue weighted by Crippen LogP contribution is 2.09. The predicted octanol–water partition coefficient (Wildman–Crippen LogP) is 0.777. The molecular formula is C13H20N4O2. The molecule has 0 aromatic heterocycles. The van der Waals surface area contributed by atoms with Crippen LogP contribution in [0.3, 0.4) is 0 Å². The van der Waals surface area contributed by atoms with E-state index in [1.807, 2.05) is 26.0 Å². The number of carbonyl (C=O) groups is 2. The Balaban J connectivity index is 2.61. The van der Waals surface area contributed by atoms with Crippen LogP contribution in [0.25, 0.3) is 0 Å². The van der Waals surface area contributed by atoms with Gasteiger partial charge >= 0.3 is 6.03 Å². The zero-order valence-electron chi connectivity index (χ0n) is 11.1. The summed E-state index contributed by atoms with van der Waals surface area (Å²) in [6, 6.07) is 5.99. The second-order valence-electron chi connectivity index (χ2n) is 4.62. The summed E-state index contributed by atoms with van der Waals surface area (Å²) in [6.45, 7) is 4.07. The number of nitrogens with two attached hydrogens (primary N) is 2. The molecule has 6 nitrogen and oxygen atoms in total. The van der Waals surface area contributed by atoms with Gasteiger partial charge in [-0.25, -0.2) is 4.79 Å². The molecular weight excluding hydrogens is 244 g/mol. The van der Waals surface area contributed by atoms with Crippen molar-refractivity contribution < 1.29 is 9.59 Å². The number of rotatable bonds is 5. The molecule has 1 unspecified atom stereocenters. The summed E-state index contributed by atoms with van der Waals surface area (Å²) in [5.74, 6) is -0.619. The molecule has 104 valence electrons. The number of anilines is 1. The topological polar surface area (TPSA) is 110 Å². The Hall–Kier alpha value is -2.08. The van der Waals surface area contributed by atoms with E-state index in [1.165, 1.54) is 0 Å². The number of hydrogen-bond donors (Lipinski definition) is 4. The maximum Gasteiger partial charge on any atom is 0.319 e. The highest BCUT2D eigenvalue weighted by Gasteiger charge is 2.21. The molecule has 1 aromatic carbocycles. The monoisotopic (exact) mass is 264 g/mol. The van der Waals surface area contributed by atoms with Gasteiger partial charge in [-0.2, -0.15) is 0 Å². The van der Waals surface area contributed by atoms with Gasteiger partial charge in [0.1, 0.15) is 6.04 Å². The summed E-state index contributed by atoms with van der Waals surface area (Å²) in [7, 11) is 0. The molecule has 0 fully saturated rings. The fraction of sp³-hybridized carbons (Fsp3) is 0.385. The lowest BCUT2D eigenvalue weighted by atomic mass is 10.0. The largest absolute Gasteiger partial charge is 0.368 e. The Morgan fingerprint density at radius 2 is 1.79 bits per heavy atom. The van der Waals surface area contributed by atoms with Crippen LogP contribution < -0.4 is 22.1 Å². The van der Waals surface area contributed by atoms with Gasteiger partial charge in [0.25, 0.3) is 0 Å². The molecule has 0 aliphatic heterocycles. The lowest BCUT2D eigenvalue weighted by Crippen LogP contribution is -2.49. The van der Waals surface area contributed by atoms with Crippen LogP contribution in [0.15, 0.2) is 24.3 Å². The van der Waals surface area contributed by atoms with E-state index in [-0.39, 0.29) is 5.92 Å². The standard InChI is InChI=1S/C13H20N4O2/c1-8(2)11(12(15)18)17-13(19)16-10-5-3-9(7-14)4-6-10/h3-6,8,11H,7,14H2,1-2H3,(H2,15,18)(H2,16,17,19). The van der Waals surface area contributed by atoms with E-state index in [9.17, 15) is 9.59 Å². The molecule has 6 N–H and O–H groups in total. The van der Waals surface area contributed by atoms with Crippen LogP contribution in [0.1, 0.15) is 19.4 Å².